The predicted octanol–water partition coefficient (Wildman–Crippen LogP) is 0.963. The van der Waals surface area contributed by atoms with Crippen LogP contribution >= 0.6 is 0 Å². The number of amides is 1. The van der Waals surface area contributed by atoms with E-state index in [1.165, 1.54) is 0 Å². The van der Waals surface area contributed by atoms with Crippen molar-refractivity contribution in [1.82, 2.24) is 14.9 Å². The smallest absolute Gasteiger partial charge is 0.326 e. The Morgan fingerprint density at radius 1 is 1.43 bits per heavy atom. The van der Waals surface area contributed by atoms with E-state index in [0.717, 1.165) is 17.5 Å². The summed E-state index contributed by atoms with van der Waals surface area (Å²) in [6.45, 7) is 4.50. The van der Waals surface area contributed by atoms with Crippen molar-refractivity contribution in [3.8, 4) is 0 Å². The second-order valence-electron chi connectivity index (χ2n) is 5.52. The van der Waals surface area contributed by atoms with Crippen LogP contribution in [0.1, 0.15) is 26.7 Å². The van der Waals surface area contributed by atoms with E-state index in [9.17, 15) is 9.59 Å². The number of rotatable bonds is 6. The van der Waals surface area contributed by atoms with Crippen LogP contribution in [0.4, 0.5) is 0 Å². The predicted molar refractivity (Wildman–Crippen MR) is 83.1 cm³/mol. The Hall–Kier alpha value is -2.08. The zero-order chi connectivity index (χ0) is 15.5. The third-order valence-corrected chi connectivity index (χ3v) is 3.59. The molecule has 4 N–H and O–H groups in total. The minimum absolute atomic E-state index is 0.172. The zero-order valence-corrected chi connectivity index (χ0v) is 12.5. The summed E-state index contributed by atoms with van der Waals surface area (Å²) in [6, 6.07) is 7.47. The number of imidazole rings is 1. The molecule has 0 bridgehead atoms. The molecule has 1 atom stereocenters. The number of carbonyl (C=O) groups is 1. The van der Waals surface area contributed by atoms with Gasteiger partial charge in [-0.05, 0) is 25.5 Å². The second-order valence-corrected chi connectivity index (χ2v) is 5.52. The highest BCUT2D eigenvalue weighted by Gasteiger charge is 2.26. The summed E-state index contributed by atoms with van der Waals surface area (Å²) in [7, 11) is 0. The molecule has 1 aromatic carbocycles. The molecule has 0 saturated heterocycles. The summed E-state index contributed by atoms with van der Waals surface area (Å²) in [6.07, 6.45) is 1.48. The Balaban J connectivity index is 2.01. The van der Waals surface area contributed by atoms with Crippen LogP contribution in [0.5, 0.6) is 0 Å². The van der Waals surface area contributed by atoms with Gasteiger partial charge in [-0.3, -0.25) is 9.36 Å². The molecule has 0 saturated carbocycles. The Labute approximate surface area is 123 Å². The number of carbonyl (C=O) groups excluding carboxylic acids is 1. The number of fused-ring (bicyclic) bond motifs is 1. The fraction of sp³-hybridized carbons (Fsp3) is 0.467. The van der Waals surface area contributed by atoms with Crippen molar-refractivity contribution in [1.29, 1.82) is 0 Å². The van der Waals surface area contributed by atoms with E-state index in [0.29, 0.717) is 19.5 Å². The molecular weight excluding hydrogens is 268 g/mol. The second kappa shape index (κ2) is 6.13. The van der Waals surface area contributed by atoms with Gasteiger partial charge in [0.1, 0.15) is 0 Å². The largest absolute Gasteiger partial charge is 0.353 e. The Bertz CT molecular complexity index is 684. The first-order valence-corrected chi connectivity index (χ1v) is 7.20. The van der Waals surface area contributed by atoms with Crippen molar-refractivity contribution >= 4 is 16.9 Å². The fourth-order valence-electron chi connectivity index (χ4n) is 2.44. The monoisotopic (exact) mass is 290 g/mol. The van der Waals surface area contributed by atoms with Crippen molar-refractivity contribution < 1.29 is 4.79 Å². The van der Waals surface area contributed by atoms with Crippen LogP contribution in [0.2, 0.25) is 0 Å². The summed E-state index contributed by atoms with van der Waals surface area (Å²) in [5.74, 6) is -0.183. The molecule has 2 rings (SSSR count). The van der Waals surface area contributed by atoms with Crippen molar-refractivity contribution in [2.24, 2.45) is 5.73 Å². The standard InChI is InChI=1S/C15H22N4O2/c1-3-8-15(2,16)13(20)17-9-10-19-12-7-5-4-6-11(12)18-14(19)21/h4-7H,3,8-10,16H2,1-2H3,(H,17,20)(H,18,21). The maximum atomic E-state index is 12.0. The first-order chi connectivity index (χ1) is 9.95. The van der Waals surface area contributed by atoms with E-state index in [2.05, 4.69) is 10.3 Å². The number of H-pyrrole nitrogens is 1. The lowest BCUT2D eigenvalue weighted by Gasteiger charge is -2.22. The molecule has 0 aliphatic heterocycles. The van der Waals surface area contributed by atoms with Gasteiger partial charge < -0.3 is 16.0 Å². The Morgan fingerprint density at radius 2 is 2.14 bits per heavy atom. The highest BCUT2D eigenvalue weighted by molar-refractivity contribution is 5.85. The van der Waals surface area contributed by atoms with Gasteiger partial charge in [-0.15, -0.1) is 0 Å². The molecule has 0 aliphatic rings. The summed E-state index contributed by atoms with van der Waals surface area (Å²) >= 11 is 0. The van der Waals surface area contributed by atoms with Gasteiger partial charge in [0.05, 0.1) is 16.6 Å². The van der Waals surface area contributed by atoms with E-state index in [-0.39, 0.29) is 11.6 Å². The minimum atomic E-state index is -0.861. The number of aromatic amines is 1. The lowest BCUT2D eigenvalue weighted by Crippen LogP contribution is -2.52. The number of hydrogen-bond donors (Lipinski definition) is 3. The lowest BCUT2D eigenvalue weighted by atomic mass is 9.97. The molecule has 21 heavy (non-hydrogen) atoms. The number of para-hydroxylation sites is 2. The molecule has 0 radical (unpaired) electrons. The number of aromatic nitrogens is 2. The quantitative estimate of drug-likeness (QED) is 0.740. The molecule has 0 fully saturated rings. The average Bonchev–Trinajstić information content (AvgIpc) is 2.75. The molecule has 114 valence electrons. The number of hydrogen-bond acceptors (Lipinski definition) is 3. The SMILES string of the molecule is CCCC(C)(N)C(=O)NCCn1c(=O)[nH]c2ccccc21. The van der Waals surface area contributed by atoms with E-state index in [1.54, 1.807) is 11.5 Å². The topological polar surface area (TPSA) is 92.9 Å². The maximum absolute atomic E-state index is 12.0. The van der Waals surface area contributed by atoms with Crippen LogP contribution < -0.4 is 16.7 Å². The van der Waals surface area contributed by atoms with Crippen molar-refractivity contribution in [2.45, 2.75) is 38.8 Å². The van der Waals surface area contributed by atoms with E-state index < -0.39 is 5.54 Å². The molecule has 6 nitrogen and oxygen atoms in total. The number of benzene rings is 1. The summed E-state index contributed by atoms with van der Waals surface area (Å²) in [5.41, 5.74) is 6.56. The van der Waals surface area contributed by atoms with E-state index >= 15 is 0 Å². The first-order valence-electron chi connectivity index (χ1n) is 7.20. The van der Waals surface area contributed by atoms with Crippen molar-refractivity contribution in [2.75, 3.05) is 6.54 Å². The van der Waals surface area contributed by atoms with Gasteiger partial charge in [0.25, 0.3) is 0 Å². The molecular formula is C15H22N4O2. The molecule has 0 aliphatic carbocycles. The number of nitrogens with one attached hydrogen (secondary N) is 2. The Kier molecular flexibility index (Phi) is 4.47. The van der Waals surface area contributed by atoms with Crippen LogP contribution in [0.25, 0.3) is 11.0 Å². The van der Waals surface area contributed by atoms with Crippen LogP contribution in [0.3, 0.4) is 0 Å². The molecule has 1 aromatic heterocycles. The summed E-state index contributed by atoms with van der Waals surface area (Å²) in [5, 5.41) is 2.80. The van der Waals surface area contributed by atoms with Crippen LogP contribution in [-0.2, 0) is 11.3 Å². The van der Waals surface area contributed by atoms with Crippen molar-refractivity contribution in [3.05, 3.63) is 34.7 Å². The summed E-state index contributed by atoms with van der Waals surface area (Å²) < 4.78 is 1.61. The van der Waals surface area contributed by atoms with Gasteiger partial charge in [0.15, 0.2) is 0 Å². The van der Waals surface area contributed by atoms with Gasteiger partial charge in [0.2, 0.25) is 5.91 Å². The molecule has 1 heterocycles. The molecule has 1 unspecified atom stereocenters. The van der Waals surface area contributed by atoms with Crippen LogP contribution in [0.15, 0.2) is 29.1 Å². The highest BCUT2D eigenvalue weighted by atomic mass is 16.2. The van der Waals surface area contributed by atoms with E-state index in [1.807, 2.05) is 31.2 Å². The number of nitrogens with zero attached hydrogens (tertiary/aromatic N) is 1. The third kappa shape index (κ3) is 3.33. The van der Waals surface area contributed by atoms with E-state index in [4.69, 9.17) is 5.73 Å². The van der Waals surface area contributed by atoms with Crippen molar-refractivity contribution in [3.63, 3.8) is 0 Å². The van der Waals surface area contributed by atoms with Gasteiger partial charge >= 0.3 is 5.69 Å². The first kappa shape index (κ1) is 15.3. The third-order valence-electron chi connectivity index (χ3n) is 3.59. The maximum Gasteiger partial charge on any atom is 0.326 e. The Morgan fingerprint density at radius 3 is 2.86 bits per heavy atom. The van der Waals surface area contributed by atoms with Gasteiger partial charge in [-0.25, -0.2) is 4.79 Å². The minimum Gasteiger partial charge on any atom is -0.353 e. The molecule has 1 amide bonds. The fourth-order valence-corrected chi connectivity index (χ4v) is 2.44. The zero-order valence-electron chi connectivity index (χ0n) is 12.5. The highest BCUT2D eigenvalue weighted by Crippen LogP contribution is 2.09. The number of nitrogens with two attached hydrogens (primary N) is 1. The molecule has 6 heteroatoms. The summed E-state index contributed by atoms with van der Waals surface area (Å²) in [4.78, 5) is 26.7. The molecule has 0 spiro atoms. The van der Waals surface area contributed by atoms with Crippen LogP contribution in [0, 0.1) is 0 Å². The van der Waals surface area contributed by atoms with Crippen LogP contribution in [-0.4, -0.2) is 27.5 Å². The van der Waals surface area contributed by atoms with Gasteiger partial charge in [0, 0.05) is 13.1 Å². The average molecular weight is 290 g/mol. The molecule has 2 aromatic rings. The normalized spacial score (nSPS) is 14.0. The van der Waals surface area contributed by atoms with Gasteiger partial charge in [-0.1, -0.05) is 25.5 Å². The lowest BCUT2D eigenvalue weighted by molar-refractivity contribution is -0.126. The van der Waals surface area contributed by atoms with Gasteiger partial charge in [-0.2, -0.15) is 0 Å².